The summed E-state index contributed by atoms with van der Waals surface area (Å²) in [6.07, 6.45) is 1.12. The van der Waals surface area contributed by atoms with Crippen LogP contribution >= 0.6 is 0 Å². The molecule has 3 N–H and O–H groups in total. The van der Waals surface area contributed by atoms with Crippen LogP contribution in [0.1, 0.15) is 33.6 Å². The molecule has 0 heterocycles. The minimum Gasteiger partial charge on any atom is -0.481 e. The number of rotatable bonds is 3. The molecule has 0 aliphatic heterocycles. The van der Waals surface area contributed by atoms with Crippen molar-refractivity contribution in [2.45, 2.75) is 39.2 Å². The third-order valence-electron chi connectivity index (χ3n) is 2.84. The van der Waals surface area contributed by atoms with Crippen molar-refractivity contribution < 1.29 is 9.90 Å². The van der Waals surface area contributed by atoms with Crippen molar-refractivity contribution in [1.29, 1.82) is 0 Å². The van der Waals surface area contributed by atoms with Crippen molar-refractivity contribution in [3.05, 3.63) is 0 Å². The van der Waals surface area contributed by atoms with E-state index >= 15 is 0 Å². The first-order chi connectivity index (χ1) is 5.26. The summed E-state index contributed by atoms with van der Waals surface area (Å²) in [5.74, 6) is -0.441. The minimum atomic E-state index is -0.803. The van der Waals surface area contributed by atoms with Crippen molar-refractivity contribution in [3.8, 4) is 0 Å². The lowest BCUT2D eigenvalue weighted by Crippen LogP contribution is -2.42. The van der Waals surface area contributed by atoms with Crippen molar-refractivity contribution >= 4 is 5.97 Å². The van der Waals surface area contributed by atoms with Gasteiger partial charge in [-0.05, 0) is 24.7 Å². The van der Waals surface area contributed by atoms with Gasteiger partial charge < -0.3 is 10.8 Å². The summed E-state index contributed by atoms with van der Waals surface area (Å²) >= 11 is 0. The first-order valence-electron chi connectivity index (χ1n) is 4.26. The summed E-state index contributed by atoms with van der Waals surface area (Å²) < 4.78 is 0. The van der Waals surface area contributed by atoms with Crippen LogP contribution in [0.25, 0.3) is 0 Å². The predicted octanol–water partition coefficient (Wildman–Crippen LogP) is 1.22. The number of carboxylic acid groups (broad SMARTS) is 1. The van der Waals surface area contributed by atoms with Crippen LogP contribution in [0.15, 0.2) is 0 Å². The molecule has 0 aromatic carbocycles. The third kappa shape index (κ3) is 1.78. The van der Waals surface area contributed by atoms with Gasteiger partial charge in [0.25, 0.3) is 0 Å². The normalized spacial score (nSPS) is 30.8. The summed E-state index contributed by atoms with van der Waals surface area (Å²) in [5, 5.41) is 8.62. The van der Waals surface area contributed by atoms with Gasteiger partial charge in [0.05, 0.1) is 6.42 Å². The Bertz CT molecular complexity index is 209. The van der Waals surface area contributed by atoms with Crippen LogP contribution in [0, 0.1) is 11.3 Å². The number of nitrogens with two attached hydrogens (primary N) is 1. The molecule has 3 heteroatoms. The second-order valence-corrected chi connectivity index (χ2v) is 4.82. The van der Waals surface area contributed by atoms with Gasteiger partial charge in [0.1, 0.15) is 0 Å². The van der Waals surface area contributed by atoms with Gasteiger partial charge in [0.15, 0.2) is 0 Å². The van der Waals surface area contributed by atoms with Crippen LogP contribution in [-0.4, -0.2) is 16.6 Å². The van der Waals surface area contributed by atoms with E-state index in [2.05, 4.69) is 13.8 Å². The van der Waals surface area contributed by atoms with E-state index in [1.807, 2.05) is 6.92 Å². The maximum atomic E-state index is 10.5. The fraction of sp³-hybridized carbons (Fsp3) is 0.889. The predicted molar refractivity (Wildman–Crippen MR) is 46.7 cm³/mol. The molecule has 70 valence electrons. The van der Waals surface area contributed by atoms with Gasteiger partial charge in [-0.2, -0.15) is 0 Å². The van der Waals surface area contributed by atoms with Gasteiger partial charge in [-0.25, -0.2) is 0 Å². The molecule has 2 unspecified atom stereocenters. The smallest absolute Gasteiger partial charge is 0.305 e. The Balaban J connectivity index is 2.56. The van der Waals surface area contributed by atoms with E-state index < -0.39 is 11.5 Å². The Morgan fingerprint density at radius 1 is 1.75 bits per heavy atom. The SMILES string of the molecule is CC1(C)CC1C(C)(N)CC(=O)O. The van der Waals surface area contributed by atoms with E-state index in [4.69, 9.17) is 10.8 Å². The highest BCUT2D eigenvalue weighted by atomic mass is 16.4. The first kappa shape index (κ1) is 9.52. The third-order valence-corrected chi connectivity index (χ3v) is 2.84. The highest BCUT2D eigenvalue weighted by Crippen LogP contribution is 2.57. The molecule has 0 aromatic rings. The molecule has 2 atom stereocenters. The Labute approximate surface area is 72.9 Å². The summed E-state index contributed by atoms with van der Waals surface area (Å²) in [6, 6.07) is 0. The number of aliphatic carboxylic acids is 1. The summed E-state index contributed by atoms with van der Waals surface area (Å²) in [4.78, 5) is 10.5. The zero-order valence-corrected chi connectivity index (χ0v) is 7.92. The maximum Gasteiger partial charge on any atom is 0.305 e. The second kappa shape index (κ2) is 2.46. The van der Waals surface area contributed by atoms with Crippen molar-refractivity contribution in [2.24, 2.45) is 17.1 Å². The van der Waals surface area contributed by atoms with Gasteiger partial charge >= 0.3 is 5.97 Å². The highest BCUT2D eigenvalue weighted by Gasteiger charge is 2.54. The van der Waals surface area contributed by atoms with Gasteiger partial charge in [-0.1, -0.05) is 13.8 Å². The van der Waals surface area contributed by atoms with E-state index in [9.17, 15) is 4.79 Å². The standard InChI is InChI=1S/C9H17NO2/c1-8(2)4-6(8)9(3,10)5-7(11)12/h6H,4-5,10H2,1-3H3,(H,11,12). The molecule has 0 spiro atoms. The van der Waals surface area contributed by atoms with E-state index in [0.29, 0.717) is 5.92 Å². The molecule has 1 aliphatic rings. The molecular formula is C9H17NO2. The van der Waals surface area contributed by atoms with Crippen LogP contribution < -0.4 is 5.73 Å². The number of hydrogen-bond acceptors (Lipinski definition) is 2. The molecular weight excluding hydrogens is 154 g/mol. The molecule has 0 saturated heterocycles. The Hall–Kier alpha value is -0.570. The number of hydrogen-bond donors (Lipinski definition) is 2. The fourth-order valence-electron chi connectivity index (χ4n) is 2.04. The Morgan fingerprint density at radius 3 is 2.42 bits per heavy atom. The van der Waals surface area contributed by atoms with E-state index in [1.54, 1.807) is 0 Å². The maximum absolute atomic E-state index is 10.5. The van der Waals surface area contributed by atoms with Crippen molar-refractivity contribution in [3.63, 3.8) is 0 Å². The average molecular weight is 171 g/mol. The monoisotopic (exact) mass is 171 g/mol. The Kier molecular flexibility index (Phi) is 1.95. The van der Waals surface area contributed by atoms with E-state index in [0.717, 1.165) is 6.42 Å². The summed E-state index contributed by atoms with van der Waals surface area (Å²) in [6.45, 7) is 6.09. The molecule has 0 amide bonds. The summed E-state index contributed by atoms with van der Waals surface area (Å²) in [7, 11) is 0. The molecule has 1 saturated carbocycles. The fourth-order valence-corrected chi connectivity index (χ4v) is 2.04. The second-order valence-electron chi connectivity index (χ2n) is 4.82. The van der Waals surface area contributed by atoms with Gasteiger partial charge in [0.2, 0.25) is 0 Å². The zero-order chi connectivity index (χ0) is 9.57. The largest absolute Gasteiger partial charge is 0.481 e. The lowest BCUT2D eigenvalue weighted by molar-refractivity contribution is -0.138. The molecule has 0 radical (unpaired) electrons. The molecule has 1 fully saturated rings. The van der Waals surface area contributed by atoms with Gasteiger partial charge in [0, 0.05) is 5.54 Å². The molecule has 0 aromatic heterocycles. The lowest BCUT2D eigenvalue weighted by atomic mass is 9.88. The average Bonchev–Trinajstić information content (AvgIpc) is 2.36. The van der Waals surface area contributed by atoms with E-state index in [-0.39, 0.29) is 11.8 Å². The number of carboxylic acids is 1. The molecule has 1 aliphatic carbocycles. The number of carbonyl (C=O) groups is 1. The van der Waals surface area contributed by atoms with Gasteiger partial charge in [-0.3, -0.25) is 4.79 Å². The Morgan fingerprint density at radius 2 is 2.17 bits per heavy atom. The zero-order valence-electron chi connectivity index (χ0n) is 7.92. The van der Waals surface area contributed by atoms with Crippen LogP contribution in [0.5, 0.6) is 0 Å². The lowest BCUT2D eigenvalue weighted by Gasteiger charge is -2.24. The van der Waals surface area contributed by atoms with Crippen LogP contribution in [0.2, 0.25) is 0 Å². The first-order valence-corrected chi connectivity index (χ1v) is 4.26. The topological polar surface area (TPSA) is 63.3 Å². The quantitative estimate of drug-likeness (QED) is 0.671. The van der Waals surface area contributed by atoms with Crippen molar-refractivity contribution in [2.75, 3.05) is 0 Å². The van der Waals surface area contributed by atoms with Crippen LogP contribution in [-0.2, 0) is 4.79 Å². The van der Waals surface area contributed by atoms with E-state index in [1.165, 1.54) is 0 Å². The highest BCUT2D eigenvalue weighted by molar-refractivity contribution is 5.68. The molecule has 1 rings (SSSR count). The van der Waals surface area contributed by atoms with Crippen molar-refractivity contribution in [1.82, 2.24) is 0 Å². The van der Waals surface area contributed by atoms with Crippen LogP contribution in [0.3, 0.4) is 0 Å². The molecule has 0 bridgehead atoms. The molecule has 12 heavy (non-hydrogen) atoms. The van der Waals surface area contributed by atoms with Gasteiger partial charge in [-0.15, -0.1) is 0 Å². The summed E-state index contributed by atoms with van der Waals surface area (Å²) in [5.41, 5.74) is 5.63. The molecule has 3 nitrogen and oxygen atoms in total. The minimum absolute atomic E-state index is 0.0705. The van der Waals surface area contributed by atoms with Crippen LogP contribution in [0.4, 0.5) is 0 Å².